The molecule has 33 heavy (non-hydrogen) atoms. The second kappa shape index (κ2) is 10.0. The summed E-state index contributed by atoms with van der Waals surface area (Å²) < 4.78 is 21.3. The van der Waals surface area contributed by atoms with Crippen molar-refractivity contribution in [3.63, 3.8) is 0 Å². The zero-order valence-corrected chi connectivity index (χ0v) is 18.3. The van der Waals surface area contributed by atoms with Gasteiger partial charge in [-0.05, 0) is 56.7 Å². The number of hydrogen-bond donors (Lipinski definition) is 2. The number of amides is 2. The van der Waals surface area contributed by atoms with Gasteiger partial charge < -0.3 is 18.9 Å². The molecule has 0 spiro atoms. The molecule has 0 aromatic heterocycles. The van der Waals surface area contributed by atoms with Gasteiger partial charge >= 0.3 is 0 Å². The molecule has 0 bridgehead atoms. The average molecular weight is 452 g/mol. The molecule has 10 nitrogen and oxygen atoms in total. The van der Waals surface area contributed by atoms with Crippen molar-refractivity contribution in [1.29, 1.82) is 0 Å². The zero-order chi connectivity index (χ0) is 23.2. The summed E-state index contributed by atoms with van der Waals surface area (Å²) in [5.41, 5.74) is 7.91. The fourth-order valence-corrected chi connectivity index (χ4v) is 3.19. The third-order valence-electron chi connectivity index (χ3n) is 5.08. The lowest BCUT2D eigenvalue weighted by Crippen LogP contribution is -2.21. The van der Waals surface area contributed by atoms with E-state index in [4.69, 9.17) is 18.9 Å². The van der Waals surface area contributed by atoms with E-state index in [9.17, 15) is 9.59 Å². The van der Waals surface area contributed by atoms with Crippen LogP contribution in [0.25, 0.3) is 0 Å². The van der Waals surface area contributed by atoms with Crippen LogP contribution in [0.1, 0.15) is 44.2 Å². The Morgan fingerprint density at radius 3 is 1.61 bits per heavy atom. The number of benzene rings is 2. The molecule has 10 heteroatoms. The first kappa shape index (κ1) is 22.1. The third-order valence-corrected chi connectivity index (χ3v) is 5.08. The standard InChI is InChI=1S/C23H24N4O6/c1-14(16-6-8-18-20(10-16)32-12-30-18)24-26-22(28)4-3-5-23(29)27-25-15(2)17-7-9-19-21(11-17)33-13-31-19/h6-11H,3-5,12-13H2,1-2H3,(H,26,28)(H,27,29). The maximum Gasteiger partial charge on any atom is 0.240 e. The molecule has 2 aliphatic rings. The van der Waals surface area contributed by atoms with Gasteiger partial charge in [0.15, 0.2) is 23.0 Å². The van der Waals surface area contributed by atoms with E-state index in [1.54, 1.807) is 26.0 Å². The second-order valence-corrected chi connectivity index (χ2v) is 7.45. The van der Waals surface area contributed by atoms with Gasteiger partial charge in [-0.1, -0.05) is 0 Å². The molecular formula is C23H24N4O6. The molecule has 2 aromatic carbocycles. The van der Waals surface area contributed by atoms with E-state index >= 15 is 0 Å². The first-order valence-electron chi connectivity index (χ1n) is 10.5. The van der Waals surface area contributed by atoms with Crippen LogP contribution in [0.4, 0.5) is 0 Å². The van der Waals surface area contributed by atoms with E-state index in [1.807, 2.05) is 24.3 Å². The van der Waals surface area contributed by atoms with Gasteiger partial charge in [0.2, 0.25) is 25.4 Å². The number of carbonyl (C=O) groups is 2. The summed E-state index contributed by atoms with van der Waals surface area (Å²) in [5, 5.41) is 8.23. The molecule has 2 N–H and O–H groups in total. The molecule has 0 atom stereocenters. The summed E-state index contributed by atoms with van der Waals surface area (Å²) in [6, 6.07) is 10.9. The molecule has 0 unspecified atom stereocenters. The molecule has 0 radical (unpaired) electrons. The summed E-state index contributed by atoms with van der Waals surface area (Å²) >= 11 is 0. The Labute approximate surface area is 190 Å². The van der Waals surface area contributed by atoms with E-state index in [0.717, 1.165) is 11.1 Å². The van der Waals surface area contributed by atoms with Gasteiger partial charge in [0, 0.05) is 24.0 Å². The minimum Gasteiger partial charge on any atom is -0.454 e. The lowest BCUT2D eigenvalue weighted by atomic mass is 10.1. The van der Waals surface area contributed by atoms with E-state index in [1.165, 1.54) is 0 Å². The maximum atomic E-state index is 12.0. The van der Waals surface area contributed by atoms with E-state index < -0.39 is 0 Å². The van der Waals surface area contributed by atoms with Crippen molar-refractivity contribution in [1.82, 2.24) is 10.9 Å². The quantitative estimate of drug-likeness (QED) is 0.469. The molecule has 172 valence electrons. The summed E-state index contributed by atoms with van der Waals surface area (Å²) in [6.07, 6.45) is 0.696. The fraction of sp³-hybridized carbons (Fsp3) is 0.304. The monoisotopic (exact) mass is 452 g/mol. The van der Waals surface area contributed by atoms with Crippen LogP contribution in [-0.4, -0.2) is 36.8 Å². The Bertz CT molecular complexity index is 1040. The van der Waals surface area contributed by atoms with Crippen molar-refractivity contribution in [2.45, 2.75) is 33.1 Å². The smallest absolute Gasteiger partial charge is 0.240 e. The predicted molar refractivity (Wildman–Crippen MR) is 120 cm³/mol. The largest absolute Gasteiger partial charge is 0.454 e. The summed E-state index contributed by atoms with van der Waals surface area (Å²) in [6.45, 7) is 3.96. The Morgan fingerprint density at radius 1 is 0.727 bits per heavy atom. The van der Waals surface area contributed by atoms with Crippen molar-refractivity contribution < 1.29 is 28.5 Å². The number of hydrazone groups is 2. The average Bonchev–Trinajstić information content (AvgIpc) is 3.49. The van der Waals surface area contributed by atoms with Crippen LogP contribution in [0.5, 0.6) is 23.0 Å². The minimum absolute atomic E-state index is 0.163. The van der Waals surface area contributed by atoms with Crippen LogP contribution in [0.2, 0.25) is 0 Å². The summed E-state index contributed by atoms with van der Waals surface area (Å²) in [5.74, 6) is 2.12. The lowest BCUT2D eigenvalue weighted by molar-refractivity contribution is -0.122. The number of hydrogen-bond acceptors (Lipinski definition) is 8. The SMILES string of the molecule is CC(=NNC(=O)CCCC(=O)NN=C(C)c1ccc2c(c1)OCO2)c1ccc2c(c1)OCO2. The van der Waals surface area contributed by atoms with Gasteiger partial charge in [0.05, 0.1) is 11.4 Å². The van der Waals surface area contributed by atoms with E-state index in [2.05, 4.69) is 21.1 Å². The van der Waals surface area contributed by atoms with Gasteiger partial charge in [-0.15, -0.1) is 0 Å². The molecule has 0 saturated carbocycles. The number of rotatable bonds is 8. The molecule has 4 rings (SSSR count). The van der Waals surface area contributed by atoms with Crippen molar-refractivity contribution in [2.75, 3.05) is 13.6 Å². The normalized spacial score (nSPS) is 14.2. The van der Waals surface area contributed by atoms with Gasteiger partial charge in [0.25, 0.3) is 0 Å². The third kappa shape index (κ3) is 5.59. The molecule has 0 fully saturated rings. The van der Waals surface area contributed by atoms with E-state index in [-0.39, 0.29) is 38.2 Å². The van der Waals surface area contributed by atoms with Crippen molar-refractivity contribution in [3.8, 4) is 23.0 Å². The first-order valence-corrected chi connectivity index (χ1v) is 10.5. The van der Waals surface area contributed by atoms with Gasteiger partial charge in [-0.2, -0.15) is 10.2 Å². The maximum absolute atomic E-state index is 12.0. The Balaban J connectivity index is 1.19. The van der Waals surface area contributed by atoms with Crippen molar-refractivity contribution >= 4 is 23.2 Å². The van der Waals surface area contributed by atoms with Crippen LogP contribution in [-0.2, 0) is 9.59 Å². The molecule has 2 aliphatic heterocycles. The minimum atomic E-state index is -0.275. The van der Waals surface area contributed by atoms with Gasteiger partial charge in [-0.3, -0.25) is 9.59 Å². The molecule has 2 heterocycles. The summed E-state index contributed by atoms with van der Waals surface area (Å²) in [7, 11) is 0. The van der Waals surface area contributed by atoms with Gasteiger partial charge in [-0.25, -0.2) is 10.9 Å². The fourth-order valence-electron chi connectivity index (χ4n) is 3.19. The highest BCUT2D eigenvalue weighted by atomic mass is 16.7. The summed E-state index contributed by atoms with van der Waals surface area (Å²) in [4.78, 5) is 24.1. The molecular weight excluding hydrogens is 428 g/mol. The molecule has 0 aliphatic carbocycles. The Morgan fingerprint density at radius 2 is 1.15 bits per heavy atom. The number of nitrogens with one attached hydrogen (secondary N) is 2. The Kier molecular flexibility index (Phi) is 6.72. The highest BCUT2D eigenvalue weighted by Gasteiger charge is 2.15. The van der Waals surface area contributed by atoms with Crippen LogP contribution in [0.3, 0.4) is 0 Å². The van der Waals surface area contributed by atoms with Crippen molar-refractivity contribution in [3.05, 3.63) is 47.5 Å². The topological polar surface area (TPSA) is 120 Å². The van der Waals surface area contributed by atoms with Crippen LogP contribution in [0.15, 0.2) is 46.6 Å². The molecule has 2 aromatic rings. The van der Waals surface area contributed by atoms with Crippen LogP contribution in [0, 0.1) is 0 Å². The number of ether oxygens (including phenoxy) is 4. The number of fused-ring (bicyclic) bond motifs is 2. The first-order chi connectivity index (χ1) is 16.0. The van der Waals surface area contributed by atoms with Crippen molar-refractivity contribution in [2.24, 2.45) is 10.2 Å². The highest BCUT2D eigenvalue weighted by Crippen LogP contribution is 2.33. The number of nitrogens with zero attached hydrogens (tertiary/aromatic N) is 2. The van der Waals surface area contributed by atoms with Crippen LogP contribution < -0.4 is 29.8 Å². The van der Waals surface area contributed by atoms with E-state index in [0.29, 0.717) is 40.8 Å². The second-order valence-electron chi connectivity index (χ2n) is 7.45. The highest BCUT2D eigenvalue weighted by molar-refractivity contribution is 6.00. The van der Waals surface area contributed by atoms with Gasteiger partial charge in [0.1, 0.15) is 0 Å². The molecule has 2 amide bonds. The number of carbonyl (C=O) groups excluding carboxylic acids is 2. The lowest BCUT2D eigenvalue weighted by Gasteiger charge is -2.05. The molecule has 0 saturated heterocycles. The van der Waals surface area contributed by atoms with Crippen LogP contribution >= 0.6 is 0 Å². The predicted octanol–water partition coefficient (Wildman–Crippen LogP) is 2.69. The zero-order valence-electron chi connectivity index (χ0n) is 18.3. The Hall–Kier alpha value is -4.08.